The van der Waals surface area contributed by atoms with Crippen LogP contribution in [0.3, 0.4) is 0 Å². The van der Waals surface area contributed by atoms with Crippen molar-refractivity contribution in [3.8, 4) is 0 Å². The van der Waals surface area contributed by atoms with Crippen LogP contribution in [-0.4, -0.2) is 48.3 Å². The van der Waals surface area contributed by atoms with E-state index in [9.17, 15) is 9.59 Å². The highest BCUT2D eigenvalue weighted by atomic mass is 16.5. The van der Waals surface area contributed by atoms with Gasteiger partial charge in [-0.25, -0.2) is 9.59 Å². The summed E-state index contributed by atoms with van der Waals surface area (Å²) < 4.78 is 29.7. The second-order valence-electron chi connectivity index (χ2n) is 5.23. The van der Waals surface area contributed by atoms with E-state index in [1.54, 1.807) is 13.8 Å². The molecule has 0 unspecified atom stereocenters. The topological polar surface area (TPSA) is 123 Å². The Kier molecular flexibility index (Phi) is 10.5. The maximum absolute atomic E-state index is 11.2. The predicted octanol–water partition coefficient (Wildman–Crippen LogP) is 3.72. The van der Waals surface area contributed by atoms with Crippen LogP contribution < -0.4 is 0 Å². The zero-order valence-electron chi connectivity index (χ0n) is 17.6. The van der Waals surface area contributed by atoms with E-state index in [0.29, 0.717) is 37.9 Å². The van der Waals surface area contributed by atoms with Gasteiger partial charge in [-0.1, -0.05) is 13.2 Å². The van der Waals surface area contributed by atoms with Gasteiger partial charge in [-0.3, -0.25) is 0 Å². The molecule has 0 aliphatic carbocycles. The molecule has 0 spiro atoms. The number of nitrogens with zero attached hydrogens (tertiary/aromatic N) is 2. The minimum Gasteiger partial charge on any atom is -0.489 e. The number of ether oxygens (including phenoxy) is 4. The van der Waals surface area contributed by atoms with Crippen molar-refractivity contribution in [3.05, 3.63) is 48.9 Å². The van der Waals surface area contributed by atoms with Gasteiger partial charge in [0.25, 0.3) is 11.8 Å². The fourth-order valence-electron chi connectivity index (χ4n) is 1.87. The normalized spacial score (nSPS) is 9.73. The highest BCUT2D eigenvalue weighted by Crippen LogP contribution is 2.14. The molecule has 0 aliphatic heterocycles. The number of carbonyl (C=O) groups is 2. The lowest BCUT2D eigenvalue weighted by Gasteiger charge is -2.00. The molecule has 0 N–H and O–H groups in total. The van der Waals surface area contributed by atoms with Gasteiger partial charge in [0, 0.05) is 0 Å². The van der Waals surface area contributed by atoms with Gasteiger partial charge in [0.15, 0.2) is 22.9 Å². The van der Waals surface area contributed by atoms with Crippen molar-refractivity contribution < 1.29 is 37.4 Å². The van der Waals surface area contributed by atoms with Crippen molar-refractivity contribution >= 4 is 23.5 Å². The molecule has 2 aromatic rings. The monoisotopic (exact) mass is 422 g/mol. The van der Waals surface area contributed by atoms with Crippen LogP contribution in [0.2, 0.25) is 0 Å². The number of hydrogen-bond donors (Lipinski definition) is 0. The number of hydrogen-bond acceptors (Lipinski definition) is 10. The summed E-state index contributed by atoms with van der Waals surface area (Å²) >= 11 is 0. The lowest BCUT2D eigenvalue weighted by molar-refractivity contribution is 0.0510. The minimum absolute atomic E-state index is 0.118. The highest BCUT2D eigenvalue weighted by Gasteiger charge is 2.16. The Labute approximate surface area is 174 Å². The van der Waals surface area contributed by atoms with E-state index in [0.717, 1.165) is 0 Å². The zero-order valence-corrected chi connectivity index (χ0v) is 17.6. The summed E-state index contributed by atoms with van der Waals surface area (Å²) in [5.74, 6) is -0.0468. The maximum atomic E-state index is 11.2. The SMILES string of the molecule is C=C(OCC)c1nc(C(=O)OCC)co1.C=C(OCC)c1nc(C(=O)OCC)co1. The third-order valence-electron chi connectivity index (χ3n) is 3.09. The first-order chi connectivity index (χ1) is 14.4. The summed E-state index contributed by atoms with van der Waals surface area (Å²) in [6, 6.07) is 0. The van der Waals surface area contributed by atoms with Crippen LogP contribution in [0.15, 0.2) is 34.5 Å². The van der Waals surface area contributed by atoms with Crippen LogP contribution in [-0.2, 0) is 18.9 Å². The lowest BCUT2D eigenvalue weighted by atomic mass is 10.5. The fraction of sp³-hybridized carbons (Fsp3) is 0.400. The first-order valence-corrected chi connectivity index (χ1v) is 9.27. The molecule has 30 heavy (non-hydrogen) atoms. The van der Waals surface area contributed by atoms with Crippen molar-refractivity contribution in [2.24, 2.45) is 0 Å². The Balaban J connectivity index is 0.000000300. The molecule has 10 nitrogen and oxygen atoms in total. The van der Waals surface area contributed by atoms with Crippen LogP contribution in [0.1, 0.15) is 60.5 Å². The summed E-state index contributed by atoms with van der Waals surface area (Å²) in [7, 11) is 0. The van der Waals surface area contributed by atoms with Crippen molar-refractivity contribution in [2.75, 3.05) is 26.4 Å². The molecule has 2 rings (SSSR count). The summed E-state index contributed by atoms with van der Waals surface area (Å²) in [5.41, 5.74) is 0.236. The predicted molar refractivity (Wildman–Crippen MR) is 106 cm³/mol. The van der Waals surface area contributed by atoms with Gasteiger partial charge >= 0.3 is 11.9 Å². The Morgan fingerprint density at radius 3 is 1.37 bits per heavy atom. The van der Waals surface area contributed by atoms with Gasteiger partial charge in [0.05, 0.1) is 26.4 Å². The van der Waals surface area contributed by atoms with Gasteiger partial charge in [0.1, 0.15) is 12.5 Å². The maximum Gasteiger partial charge on any atom is 0.360 e. The molecule has 0 aliphatic rings. The van der Waals surface area contributed by atoms with Crippen LogP contribution in [0.4, 0.5) is 0 Å². The molecule has 0 aromatic carbocycles. The standard InChI is InChI=1S/2C10H13NO4/c2*1-4-13-7(3)9-11-8(6-15-9)10(12)14-5-2/h2*6H,3-5H2,1-2H3. The molecule has 0 radical (unpaired) electrons. The van der Waals surface area contributed by atoms with Crippen molar-refractivity contribution in [2.45, 2.75) is 27.7 Å². The molecule has 164 valence electrons. The van der Waals surface area contributed by atoms with Crippen molar-refractivity contribution in [1.82, 2.24) is 9.97 Å². The molecule has 2 aromatic heterocycles. The van der Waals surface area contributed by atoms with E-state index in [-0.39, 0.29) is 23.2 Å². The van der Waals surface area contributed by atoms with E-state index in [4.69, 9.17) is 27.8 Å². The molecule has 0 saturated heterocycles. The van der Waals surface area contributed by atoms with Crippen molar-refractivity contribution in [1.29, 1.82) is 0 Å². The van der Waals surface area contributed by atoms with E-state index in [1.165, 1.54) is 12.5 Å². The molecule has 10 heteroatoms. The second-order valence-corrected chi connectivity index (χ2v) is 5.23. The fourth-order valence-corrected chi connectivity index (χ4v) is 1.87. The summed E-state index contributed by atoms with van der Waals surface area (Å²) in [6.45, 7) is 15.8. The second kappa shape index (κ2) is 12.8. The highest BCUT2D eigenvalue weighted by molar-refractivity contribution is 5.87. The molecular weight excluding hydrogens is 396 g/mol. The number of carbonyl (C=O) groups excluding carboxylic acids is 2. The number of oxazole rings is 2. The third kappa shape index (κ3) is 7.46. The number of esters is 2. The summed E-state index contributed by atoms with van der Waals surface area (Å²) in [5, 5.41) is 0. The lowest BCUT2D eigenvalue weighted by Crippen LogP contribution is -2.05. The molecule has 0 saturated carbocycles. The zero-order chi connectivity index (χ0) is 22.5. The van der Waals surface area contributed by atoms with E-state index in [1.807, 2.05) is 13.8 Å². The average molecular weight is 422 g/mol. The van der Waals surface area contributed by atoms with Gasteiger partial charge in [0.2, 0.25) is 0 Å². The quantitative estimate of drug-likeness (QED) is 0.413. The van der Waals surface area contributed by atoms with Crippen LogP contribution in [0.5, 0.6) is 0 Å². The number of rotatable bonds is 10. The molecule has 0 fully saturated rings. The van der Waals surface area contributed by atoms with Crippen LogP contribution in [0, 0.1) is 0 Å². The van der Waals surface area contributed by atoms with E-state index in [2.05, 4.69) is 23.1 Å². The summed E-state index contributed by atoms with van der Waals surface area (Å²) in [6.07, 6.45) is 2.44. The summed E-state index contributed by atoms with van der Waals surface area (Å²) in [4.78, 5) is 30.2. The smallest absolute Gasteiger partial charge is 0.360 e. The van der Waals surface area contributed by atoms with Crippen LogP contribution >= 0.6 is 0 Å². The first kappa shape index (κ1) is 24.5. The van der Waals surface area contributed by atoms with Crippen molar-refractivity contribution in [3.63, 3.8) is 0 Å². The van der Waals surface area contributed by atoms with Gasteiger partial charge in [-0.2, -0.15) is 9.97 Å². The molecule has 0 atom stereocenters. The van der Waals surface area contributed by atoms with Gasteiger partial charge in [-0.15, -0.1) is 0 Å². The first-order valence-electron chi connectivity index (χ1n) is 9.27. The molecular formula is C20H26N2O8. The van der Waals surface area contributed by atoms with Crippen LogP contribution in [0.25, 0.3) is 11.5 Å². The van der Waals surface area contributed by atoms with Gasteiger partial charge in [-0.05, 0) is 27.7 Å². The Bertz CT molecular complexity index is 717. The average Bonchev–Trinajstić information content (AvgIpc) is 3.39. The Morgan fingerprint density at radius 1 is 0.733 bits per heavy atom. The Morgan fingerprint density at radius 2 is 1.07 bits per heavy atom. The Hall–Kier alpha value is -3.56. The molecule has 0 bridgehead atoms. The van der Waals surface area contributed by atoms with E-state index >= 15 is 0 Å². The van der Waals surface area contributed by atoms with Gasteiger partial charge < -0.3 is 27.8 Å². The number of aromatic nitrogens is 2. The van der Waals surface area contributed by atoms with E-state index < -0.39 is 11.9 Å². The third-order valence-corrected chi connectivity index (χ3v) is 3.09. The minimum atomic E-state index is -0.517. The molecule has 2 heterocycles. The largest absolute Gasteiger partial charge is 0.489 e. The molecule has 0 amide bonds.